The first kappa shape index (κ1) is 25.0. The van der Waals surface area contributed by atoms with Gasteiger partial charge in [0.2, 0.25) is 0 Å². The van der Waals surface area contributed by atoms with Gasteiger partial charge in [0.1, 0.15) is 0 Å². The van der Waals surface area contributed by atoms with E-state index in [1.54, 1.807) is 0 Å². The van der Waals surface area contributed by atoms with Gasteiger partial charge >= 0.3 is 37.9 Å². The van der Waals surface area contributed by atoms with Crippen molar-refractivity contribution >= 4 is 22.7 Å². The van der Waals surface area contributed by atoms with Crippen molar-refractivity contribution in [2.45, 2.75) is 86.0 Å². The fourth-order valence-corrected chi connectivity index (χ4v) is 3.73. The minimum absolute atomic E-state index is 0.0228. The predicted octanol–water partition coefficient (Wildman–Crippen LogP) is 9.11. The number of hydrogen-bond acceptors (Lipinski definition) is 0. The van der Waals surface area contributed by atoms with Crippen LogP contribution in [-0.2, 0) is 31.7 Å². The van der Waals surface area contributed by atoms with Gasteiger partial charge in [-0.1, -0.05) is 75.9 Å². The molecule has 0 radical (unpaired) electrons. The van der Waals surface area contributed by atoms with Crippen molar-refractivity contribution in [1.29, 1.82) is 0 Å². The molecule has 1 aromatic rings. The zero-order valence-corrected chi connectivity index (χ0v) is 22.5. The third kappa shape index (κ3) is 5.52. The Morgan fingerprint density at radius 3 is 1.56 bits per heavy atom. The summed E-state index contributed by atoms with van der Waals surface area (Å²) in [4.78, 5) is 0. The van der Waals surface area contributed by atoms with Crippen molar-refractivity contribution in [1.82, 2.24) is 0 Å². The third-order valence-corrected chi connectivity index (χ3v) is 5.77. The molecule has 0 atom stereocenters. The first-order valence-electron chi connectivity index (χ1n) is 9.40. The molecule has 0 saturated carbocycles. The maximum absolute atomic E-state index is 8.93. The molecular weight excluding hydrogens is 452 g/mol. The standard InChI is InChI=1S/C23H34N.2ClH.Zr/c1-13-14(2)16(4)20(15(13)3)18-11-17(22(5,6)7)12-19(21(18)24)23(8,9)10;;;/h11-12,20,24H,1-10H3;2*1H;/q-1;;;+2/p-2. The molecule has 0 aliphatic heterocycles. The summed E-state index contributed by atoms with van der Waals surface area (Å²) in [6.07, 6.45) is 0. The van der Waals surface area contributed by atoms with Gasteiger partial charge in [0.15, 0.2) is 0 Å². The Bertz CT molecular complexity index is 738. The van der Waals surface area contributed by atoms with E-state index in [1.807, 2.05) is 0 Å². The van der Waals surface area contributed by atoms with Crippen LogP contribution in [0.15, 0.2) is 34.4 Å². The van der Waals surface area contributed by atoms with Gasteiger partial charge in [-0.15, -0.1) is 5.69 Å². The van der Waals surface area contributed by atoms with Gasteiger partial charge in [0, 0.05) is 5.92 Å². The normalized spacial score (nSPS) is 15.9. The minimum atomic E-state index is -0.826. The monoisotopic (exact) mass is 484 g/mol. The van der Waals surface area contributed by atoms with Gasteiger partial charge in [-0.2, -0.15) is 0 Å². The molecule has 1 aromatic carbocycles. The predicted molar refractivity (Wildman–Crippen MR) is 119 cm³/mol. The maximum atomic E-state index is 8.93. The summed E-state index contributed by atoms with van der Waals surface area (Å²) in [6, 6.07) is 4.56. The van der Waals surface area contributed by atoms with Crippen molar-refractivity contribution < 1.29 is 20.8 Å². The van der Waals surface area contributed by atoms with Crippen LogP contribution >= 0.6 is 17.0 Å². The van der Waals surface area contributed by atoms with Crippen molar-refractivity contribution in [2.24, 2.45) is 0 Å². The summed E-state index contributed by atoms with van der Waals surface area (Å²) in [5.74, 6) is 0.265. The zero-order chi connectivity index (χ0) is 21.3. The fourth-order valence-electron chi connectivity index (χ4n) is 3.73. The van der Waals surface area contributed by atoms with Crippen LogP contribution < -0.4 is 0 Å². The molecule has 0 unspecified atom stereocenters. The van der Waals surface area contributed by atoms with E-state index >= 15 is 0 Å². The van der Waals surface area contributed by atoms with Crippen LogP contribution in [0.3, 0.4) is 0 Å². The average molecular weight is 487 g/mol. The molecule has 27 heavy (non-hydrogen) atoms. The van der Waals surface area contributed by atoms with Gasteiger partial charge in [-0.05, 0) is 55.2 Å². The number of halogens is 2. The number of benzene rings is 1. The molecule has 1 aliphatic carbocycles. The van der Waals surface area contributed by atoms with Gasteiger partial charge in [-0.25, -0.2) is 0 Å². The summed E-state index contributed by atoms with van der Waals surface area (Å²) in [6.45, 7) is 22.3. The number of allylic oxidation sites excluding steroid dienone is 4. The molecular formula is C23H34Cl2NZr-. The molecule has 1 nitrogen and oxygen atoms in total. The van der Waals surface area contributed by atoms with Crippen LogP contribution in [0.2, 0.25) is 0 Å². The van der Waals surface area contributed by atoms with Crippen molar-refractivity contribution in [3.63, 3.8) is 0 Å². The van der Waals surface area contributed by atoms with Gasteiger partial charge in [0.05, 0.1) is 0 Å². The first-order chi connectivity index (χ1) is 12.2. The fraction of sp³-hybridized carbons (Fsp3) is 0.565. The molecule has 0 bridgehead atoms. The van der Waals surface area contributed by atoms with E-state index in [0.29, 0.717) is 0 Å². The van der Waals surface area contributed by atoms with E-state index in [1.165, 1.54) is 33.4 Å². The molecule has 4 heteroatoms. The Morgan fingerprint density at radius 1 is 0.815 bits per heavy atom. The third-order valence-electron chi connectivity index (χ3n) is 5.77. The van der Waals surface area contributed by atoms with E-state index < -0.39 is 20.8 Å². The number of nitrogens with one attached hydrogen (secondary N) is 1. The molecule has 1 N–H and O–H groups in total. The van der Waals surface area contributed by atoms with E-state index in [0.717, 1.165) is 11.3 Å². The molecule has 1 aliphatic rings. The Morgan fingerprint density at radius 2 is 1.22 bits per heavy atom. The van der Waals surface area contributed by atoms with Crippen molar-refractivity contribution in [3.8, 4) is 0 Å². The summed E-state index contributed by atoms with van der Waals surface area (Å²) in [7, 11) is 9.87. The Labute approximate surface area is 185 Å². The molecule has 0 fully saturated rings. The molecule has 0 saturated heterocycles. The summed E-state index contributed by atoms with van der Waals surface area (Å²) in [5.41, 5.74) is 19.0. The van der Waals surface area contributed by atoms with Crippen molar-refractivity contribution in [2.75, 3.05) is 0 Å². The molecule has 0 amide bonds. The van der Waals surface area contributed by atoms with Gasteiger partial charge in [0.25, 0.3) is 0 Å². The van der Waals surface area contributed by atoms with E-state index in [2.05, 4.69) is 81.4 Å². The molecule has 2 rings (SSSR count). The quantitative estimate of drug-likeness (QED) is 0.378. The average Bonchev–Trinajstić information content (AvgIpc) is 2.70. The van der Waals surface area contributed by atoms with Gasteiger partial charge < -0.3 is 5.73 Å². The second-order valence-electron chi connectivity index (χ2n) is 9.61. The molecule has 0 spiro atoms. The van der Waals surface area contributed by atoms with Crippen LogP contribution in [0.1, 0.15) is 91.8 Å². The molecule has 150 valence electrons. The SMILES string of the molecule is CC1=C(C)C(c2cc(C(C)(C)C)cc(C(C)(C)C)c2[NH-])C(C)=C1C.[Cl][Zr][Cl]. The van der Waals surface area contributed by atoms with Crippen LogP contribution in [0.5, 0.6) is 0 Å². The van der Waals surface area contributed by atoms with E-state index in [-0.39, 0.29) is 16.7 Å². The Balaban J connectivity index is 0.00000114. The zero-order valence-electron chi connectivity index (χ0n) is 18.5. The van der Waals surface area contributed by atoms with Crippen LogP contribution in [0.25, 0.3) is 5.73 Å². The number of hydrogen-bond donors (Lipinski definition) is 0. The van der Waals surface area contributed by atoms with E-state index in [4.69, 9.17) is 22.8 Å². The van der Waals surface area contributed by atoms with Crippen LogP contribution in [-0.4, -0.2) is 0 Å². The second kappa shape index (κ2) is 9.19. The Hall–Kier alpha value is -0.0369. The van der Waals surface area contributed by atoms with Crippen LogP contribution in [0, 0.1) is 0 Å². The molecule has 0 heterocycles. The topological polar surface area (TPSA) is 23.8 Å². The van der Waals surface area contributed by atoms with Gasteiger partial charge in [-0.3, -0.25) is 0 Å². The summed E-state index contributed by atoms with van der Waals surface area (Å²) >= 11 is -0.826. The van der Waals surface area contributed by atoms with Crippen molar-refractivity contribution in [3.05, 3.63) is 56.8 Å². The first-order valence-corrected chi connectivity index (χ1v) is 15.7. The number of rotatable bonds is 1. The van der Waals surface area contributed by atoms with Crippen LogP contribution in [0.4, 0.5) is 5.69 Å². The second-order valence-corrected chi connectivity index (χ2v) is 13.3. The van der Waals surface area contributed by atoms with E-state index in [9.17, 15) is 0 Å². The summed E-state index contributed by atoms with van der Waals surface area (Å²) in [5, 5.41) is 0. The molecule has 0 aromatic heterocycles. The summed E-state index contributed by atoms with van der Waals surface area (Å²) < 4.78 is 0. The Kier molecular flexibility index (Phi) is 8.51.